The zero-order valence-corrected chi connectivity index (χ0v) is 17.5. The minimum Gasteiger partial charge on any atom is -0.488 e. The number of rotatable bonds is 6. The second-order valence-corrected chi connectivity index (χ2v) is 7.78. The van der Waals surface area contributed by atoms with Gasteiger partial charge in [0.25, 0.3) is 0 Å². The number of nitrogens with one attached hydrogen (secondary N) is 1. The van der Waals surface area contributed by atoms with E-state index >= 15 is 0 Å². The number of ether oxygens (including phenoxy) is 1. The summed E-state index contributed by atoms with van der Waals surface area (Å²) in [4.78, 5) is 0. The molecule has 2 nitrogen and oxygen atoms in total. The molecular formula is C20H15BrCl3NO. The molecule has 3 rings (SSSR count). The lowest BCUT2D eigenvalue weighted by Gasteiger charge is -2.15. The van der Waals surface area contributed by atoms with E-state index in [0.717, 1.165) is 27.0 Å². The lowest BCUT2D eigenvalue weighted by Crippen LogP contribution is -2.04. The molecule has 0 radical (unpaired) electrons. The maximum absolute atomic E-state index is 6.22. The van der Waals surface area contributed by atoms with E-state index in [1.165, 1.54) is 0 Å². The topological polar surface area (TPSA) is 21.3 Å². The fourth-order valence-corrected chi connectivity index (χ4v) is 3.38. The van der Waals surface area contributed by atoms with Gasteiger partial charge in [-0.2, -0.15) is 0 Å². The molecule has 0 aliphatic rings. The molecule has 0 fully saturated rings. The minimum absolute atomic E-state index is 0.395. The molecule has 0 aromatic heterocycles. The van der Waals surface area contributed by atoms with E-state index in [9.17, 15) is 0 Å². The molecule has 0 bridgehead atoms. The van der Waals surface area contributed by atoms with E-state index in [1.54, 1.807) is 18.2 Å². The van der Waals surface area contributed by atoms with Crippen molar-refractivity contribution in [2.75, 3.05) is 5.32 Å². The molecule has 0 unspecified atom stereocenters. The molecule has 134 valence electrons. The van der Waals surface area contributed by atoms with Gasteiger partial charge in [-0.05, 0) is 42.5 Å². The smallest absolute Gasteiger partial charge is 0.124 e. The van der Waals surface area contributed by atoms with Crippen molar-refractivity contribution in [2.45, 2.75) is 13.2 Å². The first-order valence-electron chi connectivity index (χ1n) is 7.86. The van der Waals surface area contributed by atoms with Crippen LogP contribution >= 0.6 is 50.7 Å². The molecular weight excluding hydrogens is 456 g/mol. The molecule has 0 amide bonds. The molecule has 26 heavy (non-hydrogen) atoms. The molecule has 0 spiro atoms. The van der Waals surface area contributed by atoms with Gasteiger partial charge in [-0.25, -0.2) is 0 Å². The Labute approximate surface area is 176 Å². The van der Waals surface area contributed by atoms with Gasteiger partial charge in [0.2, 0.25) is 0 Å². The van der Waals surface area contributed by atoms with Crippen LogP contribution in [-0.2, 0) is 13.2 Å². The van der Waals surface area contributed by atoms with Crippen molar-refractivity contribution in [1.29, 1.82) is 0 Å². The summed E-state index contributed by atoms with van der Waals surface area (Å²) < 4.78 is 6.97. The van der Waals surface area contributed by atoms with E-state index in [-0.39, 0.29) is 0 Å². The normalized spacial score (nSPS) is 10.6. The summed E-state index contributed by atoms with van der Waals surface area (Å²) >= 11 is 22.0. The maximum Gasteiger partial charge on any atom is 0.124 e. The standard InChI is InChI=1S/C20H15BrCl3NO/c21-15-5-8-20(26-12-13-3-1-2-4-17(13)23)14(9-15)11-25-19-10-16(22)6-7-18(19)24/h1-10,25H,11-12H2. The quantitative estimate of drug-likeness (QED) is 0.400. The van der Waals surface area contributed by atoms with Crippen LogP contribution in [-0.4, -0.2) is 0 Å². The highest BCUT2D eigenvalue weighted by Crippen LogP contribution is 2.29. The summed E-state index contributed by atoms with van der Waals surface area (Å²) in [5.74, 6) is 0.777. The van der Waals surface area contributed by atoms with E-state index in [2.05, 4.69) is 21.2 Å². The SMILES string of the molecule is Clc1ccc(Cl)c(NCc2cc(Br)ccc2OCc2ccccc2Cl)c1. The number of halogens is 4. The van der Waals surface area contributed by atoms with Crippen LogP contribution in [0.5, 0.6) is 5.75 Å². The number of hydrogen-bond acceptors (Lipinski definition) is 2. The number of benzene rings is 3. The molecule has 6 heteroatoms. The fraction of sp³-hybridized carbons (Fsp3) is 0.100. The fourth-order valence-electron chi connectivity index (χ4n) is 2.42. The Hall–Kier alpha value is -1.39. The maximum atomic E-state index is 6.22. The van der Waals surface area contributed by atoms with E-state index in [4.69, 9.17) is 39.5 Å². The van der Waals surface area contributed by atoms with E-state index in [1.807, 2.05) is 42.5 Å². The Morgan fingerprint density at radius 3 is 2.46 bits per heavy atom. The molecule has 0 heterocycles. The summed E-state index contributed by atoms with van der Waals surface area (Å²) in [6.45, 7) is 0.934. The van der Waals surface area contributed by atoms with Gasteiger partial charge in [0, 0.05) is 32.2 Å². The number of anilines is 1. The summed E-state index contributed by atoms with van der Waals surface area (Å²) in [6, 6.07) is 18.8. The monoisotopic (exact) mass is 469 g/mol. The second kappa shape index (κ2) is 9.01. The third-order valence-corrected chi connectivity index (χ3v) is 5.19. The van der Waals surface area contributed by atoms with Crippen molar-refractivity contribution < 1.29 is 4.74 Å². The van der Waals surface area contributed by atoms with Gasteiger partial charge in [0.05, 0.1) is 10.7 Å². The summed E-state index contributed by atoms with van der Waals surface area (Å²) in [5, 5.41) is 5.23. The Kier molecular flexibility index (Phi) is 6.71. The van der Waals surface area contributed by atoms with Crippen molar-refractivity contribution in [3.8, 4) is 5.75 Å². The largest absolute Gasteiger partial charge is 0.488 e. The first-order valence-corrected chi connectivity index (χ1v) is 9.79. The predicted molar refractivity (Wildman–Crippen MR) is 114 cm³/mol. The molecule has 0 saturated carbocycles. The van der Waals surface area contributed by atoms with E-state index < -0.39 is 0 Å². The average molecular weight is 472 g/mol. The van der Waals surface area contributed by atoms with Crippen LogP contribution in [0.4, 0.5) is 5.69 Å². The molecule has 0 aliphatic carbocycles. The highest BCUT2D eigenvalue weighted by molar-refractivity contribution is 9.10. The van der Waals surface area contributed by atoms with Gasteiger partial charge in [-0.3, -0.25) is 0 Å². The number of hydrogen-bond donors (Lipinski definition) is 1. The predicted octanol–water partition coefficient (Wildman–Crippen LogP) is 7.60. The zero-order valence-electron chi connectivity index (χ0n) is 13.6. The lowest BCUT2D eigenvalue weighted by atomic mass is 10.2. The Balaban J connectivity index is 1.75. The van der Waals surface area contributed by atoms with Gasteiger partial charge in [0.1, 0.15) is 12.4 Å². The first-order chi connectivity index (χ1) is 12.5. The third-order valence-electron chi connectivity index (χ3n) is 3.76. The van der Waals surface area contributed by atoms with Crippen LogP contribution in [0.1, 0.15) is 11.1 Å². The third kappa shape index (κ3) is 5.08. The molecule has 3 aromatic carbocycles. The van der Waals surface area contributed by atoms with Crippen molar-refractivity contribution in [3.05, 3.63) is 91.3 Å². The molecule has 0 saturated heterocycles. The highest BCUT2D eigenvalue weighted by Gasteiger charge is 2.08. The zero-order chi connectivity index (χ0) is 18.5. The molecule has 0 aliphatic heterocycles. The highest BCUT2D eigenvalue weighted by atomic mass is 79.9. The van der Waals surface area contributed by atoms with Crippen molar-refractivity contribution in [2.24, 2.45) is 0 Å². The Morgan fingerprint density at radius 2 is 1.65 bits per heavy atom. The molecule has 0 atom stereocenters. The minimum atomic E-state index is 0.395. The van der Waals surface area contributed by atoms with Crippen molar-refractivity contribution in [1.82, 2.24) is 0 Å². The Morgan fingerprint density at radius 1 is 0.846 bits per heavy atom. The van der Waals surface area contributed by atoms with Crippen LogP contribution in [0.25, 0.3) is 0 Å². The average Bonchev–Trinajstić information content (AvgIpc) is 2.63. The van der Waals surface area contributed by atoms with Crippen LogP contribution in [0.2, 0.25) is 15.1 Å². The van der Waals surface area contributed by atoms with Crippen LogP contribution in [0.3, 0.4) is 0 Å². The summed E-state index contributed by atoms with van der Waals surface area (Å²) in [6.07, 6.45) is 0. The van der Waals surface area contributed by atoms with Crippen molar-refractivity contribution in [3.63, 3.8) is 0 Å². The van der Waals surface area contributed by atoms with Gasteiger partial charge in [-0.1, -0.05) is 68.9 Å². The lowest BCUT2D eigenvalue weighted by molar-refractivity contribution is 0.303. The van der Waals surface area contributed by atoms with Gasteiger partial charge in [-0.15, -0.1) is 0 Å². The first kappa shape index (κ1) is 19.4. The van der Waals surface area contributed by atoms with E-state index in [0.29, 0.717) is 28.2 Å². The summed E-state index contributed by atoms with van der Waals surface area (Å²) in [5.41, 5.74) is 2.70. The second-order valence-electron chi connectivity index (χ2n) is 5.61. The van der Waals surface area contributed by atoms with Crippen LogP contribution < -0.4 is 10.1 Å². The van der Waals surface area contributed by atoms with Gasteiger partial charge >= 0.3 is 0 Å². The van der Waals surface area contributed by atoms with Gasteiger partial charge < -0.3 is 10.1 Å². The van der Waals surface area contributed by atoms with Crippen LogP contribution in [0.15, 0.2) is 65.1 Å². The molecule has 1 N–H and O–H groups in total. The molecule has 3 aromatic rings. The Bertz CT molecular complexity index is 917. The van der Waals surface area contributed by atoms with Gasteiger partial charge in [0.15, 0.2) is 0 Å². The van der Waals surface area contributed by atoms with Crippen LogP contribution in [0, 0.1) is 0 Å². The summed E-state index contributed by atoms with van der Waals surface area (Å²) in [7, 11) is 0. The van der Waals surface area contributed by atoms with Crippen molar-refractivity contribution >= 4 is 56.4 Å².